The Morgan fingerprint density at radius 1 is 1.24 bits per heavy atom. The lowest BCUT2D eigenvalue weighted by Gasteiger charge is -2.25. The first-order valence-corrected chi connectivity index (χ1v) is 11.4. The zero-order valence-corrected chi connectivity index (χ0v) is 19.4. The standard InChI is InChI=1S/C23H32N8O3/c1-3-17-22(28-15-7-12-34-13-8-15)31-23(20(30-17)21(24)33)29-16-6-11-26-18(14-16)25-9-5-10-27-19(32)4-2/h4,6,11,14-15H,2-3,5,7-10,12-13H2,1H3,(H2,24,33)(H,27,32)(H3,25,26,28,29,31). The van der Waals surface area contributed by atoms with Gasteiger partial charge in [-0.2, -0.15) is 0 Å². The van der Waals surface area contributed by atoms with Gasteiger partial charge >= 0.3 is 0 Å². The zero-order chi connectivity index (χ0) is 24.3. The molecule has 11 heteroatoms. The molecule has 0 aromatic carbocycles. The second-order valence-corrected chi connectivity index (χ2v) is 7.80. The largest absolute Gasteiger partial charge is 0.381 e. The van der Waals surface area contributed by atoms with Gasteiger partial charge in [0.2, 0.25) is 5.91 Å². The number of hydrogen-bond acceptors (Lipinski definition) is 9. The van der Waals surface area contributed by atoms with Crippen LogP contribution in [0.3, 0.4) is 0 Å². The van der Waals surface area contributed by atoms with Crippen LogP contribution in [0.2, 0.25) is 0 Å². The van der Waals surface area contributed by atoms with Gasteiger partial charge in [-0.05, 0) is 37.8 Å². The van der Waals surface area contributed by atoms with Crippen molar-refractivity contribution in [2.24, 2.45) is 5.73 Å². The van der Waals surface area contributed by atoms with Gasteiger partial charge in [-0.25, -0.2) is 15.0 Å². The van der Waals surface area contributed by atoms with E-state index in [1.807, 2.05) is 6.92 Å². The van der Waals surface area contributed by atoms with E-state index in [2.05, 4.69) is 42.8 Å². The van der Waals surface area contributed by atoms with E-state index in [1.54, 1.807) is 18.3 Å². The van der Waals surface area contributed by atoms with Crippen molar-refractivity contribution in [3.63, 3.8) is 0 Å². The molecule has 0 saturated carbocycles. The molecule has 3 rings (SSSR count). The van der Waals surface area contributed by atoms with Gasteiger partial charge < -0.3 is 31.7 Å². The highest BCUT2D eigenvalue weighted by Gasteiger charge is 2.20. The maximum atomic E-state index is 12.1. The van der Waals surface area contributed by atoms with Crippen LogP contribution in [0.25, 0.3) is 0 Å². The number of carbonyl (C=O) groups excluding carboxylic acids is 2. The molecule has 0 atom stereocenters. The molecule has 1 aliphatic rings. The molecule has 182 valence electrons. The van der Waals surface area contributed by atoms with Crippen molar-refractivity contribution < 1.29 is 14.3 Å². The quantitative estimate of drug-likeness (QED) is 0.232. The molecule has 34 heavy (non-hydrogen) atoms. The topological polar surface area (TPSA) is 156 Å². The second-order valence-electron chi connectivity index (χ2n) is 7.80. The molecule has 0 aliphatic carbocycles. The summed E-state index contributed by atoms with van der Waals surface area (Å²) in [5.74, 6) is 0.700. The van der Waals surface area contributed by atoms with E-state index in [-0.39, 0.29) is 23.5 Å². The van der Waals surface area contributed by atoms with Crippen molar-refractivity contribution in [3.05, 3.63) is 42.4 Å². The summed E-state index contributed by atoms with van der Waals surface area (Å²) in [7, 11) is 0. The maximum Gasteiger partial charge on any atom is 0.271 e. The van der Waals surface area contributed by atoms with E-state index < -0.39 is 5.91 Å². The van der Waals surface area contributed by atoms with E-state index in [0.717, 1.165) is 19.3 Å². The third-order valence-electron chi connectivity index (χ3n) is 5.27. The fraction of sp³-hybridized carbons (Fsp3) is 0.435. The Hall–Kier alpha value is -3.73. The Morgan fingerprint density at radius 2 is 2.03 bits per heavy atom. The van der Waals surface area contributed by atoms with Crippen LogP contribution in [0.5, 0.6) is 0 Å². The molecule has 6 N–H and O–H groups in total. The Morgan fingerprint density at radius 3 is 2.74 bits per heavy atom. The van der Waals surface area contributed by atoms with Crippen molar-refractivity contribution >= 4 is 35.0 Å². The number of rotatable bonds is 12. The molecule has 1 aliphatic heterocycles. The van der Waals surface area contributed by atoms with Crippen LogP contribution in [-0.4, -0.2) is 59.1 Å². The van der Waals surface area contributed by atoms with E-state index in [9.17, 15) is 9.59 Å². The van der Waals surface area contributed by atoms with Crippen LogP contribution in [0.4, 0.5) is 23.1 Å². The number of aromatic nitrogens is 3. The summed E-state index contributed by atoms with van der Waals surface area (Å²) in [4.78, 5) is 36.8. The van der Waals surface area contributed by atoms with Crippen molar-refractivity contribution in [2.75, 3.05) is 42.3 Å². The normalized spacial score (nSPS) is 13.7. The predicted molar refractivity (Wildman–Crippen MR) is 131 cm³/mol. The van der Waals surface area contributed by atoms with Gasteiger partial charge in [0.1, 0.15) is 5.82 Å². The monoisotopic (exact) mass is 468 g/mol. The van der Waals surface area contributed by atoms with E-state index in [4.69, 9.17) is 10.5 Å². The number of amides is 2. The zero-order valence-electron chi connectivity index (χ0n) is 19.4. The lowest BCUT2D eigenvalue weighted by Crippen LogP contribution is -2.29. The number of nitrogens with two attached hydrogens (primary N) is 1. The molecule has 11 nitrogen and oxygen atoms in total. The van der Waals surface area contributed by atoms with Crippen molar-refractivity contribution in [1.82, 2.24) is 20.3 Å². The Kier molecular flexibility index (Phi) is 9.15. The minimum Gasteiger partial charge on any atom is -0.381 e. The highest BCUT2D eigenvalue weighted by molar-refractivity contribution is 5.96. The van der Waals surface area contributed by atoms with Crippen molar-refractivity contribution in [1.29, 1.82) is 0 Å². The molecule has 1 fully saturated rings. The summed E-state index contributed by atoms with van der Waals surface area (Å²) in [6.45, 7) is 7.92. The number of nitrogens with zero attached hydrogens (tertiary/aromatic N) is 3. The first kappa shape index (κ1) is 24.9. The van der Waals surface area contributed by atoms with Gasteiger partial charge in [0, 0.05) is 50.3 Å². The van der Waals surface area contributed by atoms with Crippen molar-refractivity contribution in [2.45, 2.75) is 38.6 Å². The molecular weight excluding hydrogens is 436 g/mol. The van der Waals surface area contributed by atoms with Crippen LogP contribution in [-0.2, 0) is 16.0 Å². The van der Waals surface area contributed by atoms with Gasteiger partial charge in [-0.1, -0.05) is 13.5 Å². The molecule has 0 radical (unpaired) electrons. The SMILES string of the molecule is C=CC(=O)NCCCNc1cc(Nc2nc(NC3CCOCC3)c(CC)nc2C(N)=O)ccn1. The van der Waals surface area contributed by atoms with Gasteiger partial charge in [0.15, 0.2) is 17.3 Å². The minimum absolute atomic E-state index is 0.0821. The highest BCUT2D eigenvalue weighted by Crippen LogP contribution is 2.25. The van der Waals surface area contributed by atoms with Gasteiger partial charge in [-0.15, -0.1) is 0 Å². The van der Waals surface area contributed by atoms with Crippen LogP contribution >= 0.6 is 0 Å². The summed E-state index contributed by atoms with van der Waals surface area (Å²) in [6, 6.07) is 3.80. The Bertz CT molecular complexity index is 1010. The first-order chi connectivity index (χ1) is 16.5. The molecule has 2 aromatic heterocycles. The van der Waals surface area contributed by atoms with E-state index in [0.29, 0.717) is 55.7 Å². The molecule has 0 unspecified atom stereocenters. The third-order valence-corrected chi connectivity index (χ3v) is 5.27. The lowest BCUT2D eigenvalue weighted by molar-refractivity contribution is -0.116. The highest BCUT2D eigenvalue weighted by atomic mass is 16.5. The molecule has 0 bridgehead atoms. The lowest BCUT2D eigenvalue weighted by atomic mass is 10.1. The minimum atomic E-state index is -0.656. The number of primary amides is 1. The summed E-state index contributed by atoms with van der Waals surface area (Å²) >= 11 is 0. The van der Waals surface area contributed by atoms with E-state index >= 15 is 0 Å². The average Bonchev–Trinajstić information content (AvgIpc) is 2.84. The van der Waals surface area contributed by atoms with Gasteiger partial charge in [0.05, 0.1) is 5.69 Å². The van der Waals surface area contributed by atoms with Crippen LogP contribution in [0.15, 0.2) is 31.0 Å². The van der Waals surface area contributed by atoms with Gasteiger partial charge in [-0.3, -0.25) is 9.59 Å². The fourth-order valence-corrected chi connectivity index (χ4v) is 3.46. The summed E-state index contributed by atoms with van der Waals surface area (Å²) in [5.41, 5.74) is 7.05. The second kappa shape index (κ2) is 12.5. The van der Waals surface area contributed by atoms with Crippen molar-refractivity contribution in [3.8, 4) is 0 Å². The first-order valence-electron chi connectivity index (χ1n) is 11.4. The number of aryl methyl sites for hydroxylation is 1. The van der Waals surface area contributed by atoms with Crippen LogP contribution in [0, 0.1) is 0 Å². The molecule has 2 amide bonds. The predicted octanol–water partition coefficient (Wildman–Crippen LogP) is 1.97. The molecule has 3 heterocycles. The third kappa shape index (κ3) is 7.14. The van der Waals surface area contributed by atoms with Gasteiger partial charge in [0.25, 0.3) is 5.91 Å². The number of pyridine rings is 1. The van der Waals surface area contributed by atoms with Crippen LogP contribution < -0.4 is 27.0 Å². The van der Waals surface area contributed by atoms with E-state index in [1.165, 1.54) is 6.08 Å². The molecule has 1 saturated heterocycles. The molecule has 2 aromatic rings. The smallest absolute Gasteiger partial charge is 0.271 e. The molecule has 0 spiro atoms. The summed E-state index contributed by atoms with van der Waals surface area (Å²) in [5, 5.41) is 12.5. The Balaban J connectivity index is 1.72. The number of nitrogens with one attached hydrogen (secondary N) is 4. The Labute approximate surface area is 199 Å². The van der Waals surface area contributed by atoms with Crippen LogP contribution in [0.1, 0.15) is 42.4 Å². The number of hydrogen-bond donors (Lipinski definition) is 5. The average molecular weight is 469 g/mol. The fourth-order valence-electron chi connectivity index (χ4n) is 3.46. The summed E-state index contributed by atoms with van der Waals surface area (Å²) in [6.07, 6.45) is 5.96. The number of carbonyl (C=O) groups is 2. The number of ether oxygens (including phenoxy) is 1. The number of anilines is 4. The maximum absolute atomic E-state index is 12.1. The molecular formula is C23H32N8O3. The summed E-state index contributed by atoms with van der Waals surface area (Å²) < 4.78 is 5.43.